The second-order valence-electron chi connectivity index (χ2n) is 15.0. The first-order valence-corrected chi connectivity index (χ1v) is 21.4. The number of aliphatic hydroxyl groups excluding tert-OH is 2. The molecule has 0 aliphatic rings. The van der Waals surface area contributed by atoms with Crippen molar-refractivity contribution in [1.29, 1.82) is 0 Å². The quantitative estimate of drug-likeness (QED) is 0.129. The fourth-order valence-electron chi connectivity index (χ4n) is 8.71. The van der Waals surface area contributed by atoms with Crippen molar-refractivity contribution >= 4 is 54.9 Å². The lowest BCUT2D eigenvalue weighted by Crippen LogP contribution is -2.05. The summed E-state index contributed by atoms with van der Waals surface area (Å²) in [5.74, 6) is 1.46. The van der Waals surface area contributed by atoms with Crippen LogP contribution in [0.25, 0.3) is 87.6 Å². The van der Waals surface area contributed by atoms with Gasteiger partial charge in [0.2, 0.25) is 0 Å². The summed E-state index contributed by atoms with van der Waals surface area (Å²) in [7, 11) is 0. The zero-order valence-electron chi connectivity index (χ0n) is 33.4. The highest BCUT2D eigenvalue weighted by atomic mass is 32.2. The predicted molar refractivity (Wildman–Crippen MR) is 254 cm³/mol. The van der Waals surface area contributed by atoms with Crippen LogP contribution in [0.4, 0.5) is 0 Å². The maximum atomic E-state index is 10.1. The van der Waals surface area contributed by atoms with E-state index >= 15 is 0 Å². The minimum Gasteiger partial charge on any atom is -0.490 e. The number of rotatable bonds is 12. The molecule has 0 bridgehead atoms. The van der Waals surface area contributed by atoms with Crippen LogP contribution in [-0.4, -0.2) is 36.6 Å². The zero-order valence-corrected chi connectivity index (χ0v) is 34.2. The maximum Gasteiger partial charge on any atom is 0.135 e. The molecule has 0 aliphatic heterocycles. The molecule has 0 saturated carbocycles. The summed E-state index contributed by atoms with van der Waals surface area (Å²) in [5, 5.41) is 29.3. The van der Waals surface area contributed by atoms with Crippen molar-refractivity contribution < 1.29 is 19.7 Å². The van der Waals surface area contributed by atoms with E-state index in [1.807, 2.05) is 0 Å². The van der Waals surface area contributed by atoms with E-state index < -0.39 is 0 Å². The van der Waals surface area contributed by atoms with Crippen LogP contribution in [0.1, 0.15) is 0 Å². The van der Waals surface area contributed by atoms with Gasteiger partial charge in [-0.2, -0.15) is 0 Å². The molecule has 10 aromatic carbocycles. The number of fused-ring (bicyclic) bond motifs is 4. The molecule has 296 valence electrons. The van der Waals surface area contributed by atoms with Crippen LogP contribution in [0.3, 0.4) is 0 Å². The number of ether oxygens (including phenoxy) is 2. The Hall–Kier alpha value is -6.89. The topological polar surface area (TPSA) is 58.9 Å². The molecule has 0 radical (unpaired) electrons. The van der Waals surface area contributed by atoms with Gasteiger partial charge in [0.1, 0.15) is 24.7 Å². The molecule has 0 aromatic heterocycles. The molecule has 10 rings (SSSR count). The summed E-state index contributed by atoms with van der Waals surface area (Å²) < 4.78 is 13.2. The summed E-state index contributed by atoms with van der Waals surface area (Å²) in [6.45, 7) is 0.0817. The SMILES string of the molecule is OCCOc1c(-c2cccc3ccccc23)cc(Sc2cc(-c3cccc4ccccc34)c(OCCO)c(-c3cccc4ccccc34)c2)cc1-c1cccc2ccccc12. The Bertz CT molecular complexity index is 2790. The van der Waals surface area contributed by atoms with Gasteiger partial charge in [-0.15, -0.1) is 0 Å². The molecule has 0 unspecified atom stereocenters. The Kier molecular flexibility index (Phi) is 10.7. The Morgan fingerprint density at radius 2 is 0.574 bits per heavy atom. The van der Waals surface area contributed by atoms with E-state index in [1.54, 1.807) is 11.8 Å². The van der Waals surface area contributed by atoms with Crippen molar-refractivity contribution in [2.24, 2.45) is 0 Å². The van der Waals surface area contributed by atoms with Gasteiger partial charge in [-0.1, -0.05) is 182 Å². The van der Waals surface area contributed by atoms with Gasteiger partial charge in [-0.3, -0.25) is 0 Å². The molecule has 0 atom stereocenters. The third-order valence-corrected chi connectivity index (χ3v) is 12.3. The molecule has 61 heavy (non-hydrogen) atoms. The first-order valence-electron chi connectivity index (χ1n) is 20.6. The van der Waals surface area contributed by atoms with Crippen molar-refractivity contribution in [1.82, 2.24) is 0 Å². The smallest absolute Gasteiger partial charge is 0.135 e. The first-order chi connectivity index (χ1) is 30.2. The Labute approximate surface area is 359 Å². The highest BCUT2D eigenvalue weighted by Crippen LogP contribution is 2.50. The summed E-state index contributed by atoms with van der Waals surface area (Å²) in [5.41, 5.74) is 8.00. The summed E-state index contributed by atoms with van der Waals surface area (Å²) in [4.78, 5) is 2.05. The molecular formula is C56H42O4S. The minimum atomic E-state index is -0.112. The van der Waals surface area contributed by atoms with Crippen LogP contribution >= 0.6 is 11.8 Å². The predicted octanol–water partition coefficient (Wildman–Crippen LogP) is 13.9. The third kappa shape index (κ3) is 7.38. The molecule has 0 fully saturated rings. The Morgan fingerprint density at radius 1 is 0.311 bits per heavy atom. The van der Waals surface area contributed by atoms with Gasteiger partial charge < -0.3 is 19.7 Å². The average Bonchev–Trinajstić information content (AvgIpc) is 3.32. The first kappa shape index (κ1) is 38.3. The van der Waals surface area contributed by atoms with E-state index in [4.69, 9.17) is 9.47 Å². The summed E-state index contributed by atoms with van der Waals surface area (Å²) >= 11 is 1.70. The lowest BCUT2D eigenvalue weighted by molar-refractivity contribution is 0.202. The molecule has 0 saturated heterocycles. The van der Waals surface area contributed by atoms with Crippen LogP contribution in [0, 0.1) is 0 Å². The molecule has 5 heteroatoms. The Morgan fingerprint density at radius 3 is 0.852 bits per heavy atom. The number of aliphatic hydroxyl groups is 2. The van der Waals surface area contributed by atoms with Crippen LogP contribution in [0.2, 0.25) is 0 Å². The third-order valence-electron chi connectivity index (χ3n) is 11.4. The van der Waals surface area contributed by atoms with E-state index in [1.165, 1.54) is 0 Å². The van der Waals surface area contributed by atoms with Gasteiger partial charge >= 0.3 is 0 Å². The van der Waals surface area contributed by atoms with Crippen molar-refractivity contribution in [2.45, 2.75) is 9.79 Å². The van der Waals surface area contributed by atoms with Gasteiger partial charge in [0.25, 0.3) is 0 Å². The second kappa shape index (κ2) is 17.0. The average molecular weight is 811 g/mol. The zero-order chi connectivity index (χ0) is 41.1. The lowest BCUT2D eigenvalue weighted by Gasteiger charge is -2.22. The molecule has 2 N–H and O–H groups in total. The molecular weight excluding hydrogens is 769 g/mol. The summed E-state index contributed by atoms with van der Waals surface area (Å²) in [6.07, 6.45) is 0. The van der Waals surface area contributed by atoms with Gasteiger partial charge in [0.05, 0.1) is 13.2 Å². The normalized spacial score (nSPS) is 11.4. The van der Waals surface area contributed by atoms with E-state index in [-0.39, 0.29) is 26.4 Å². The van der Waals surface area contributed by atoms with Gasteiger partial charge in [0, 0.05) is 32.0 Å². The summed E-state index contributed by atoms with van der Waals surface area (Å²) in [6, 6.07) is 68.3. The van der Waals surface area contributed by atoms with Gasteiger partial charge in [-0.25, -0.2) is 0 Å². The van der Waals surface area contributed by atoms with Crippen molar-refractivity contribution in [3.8, 4) is 56.0 Å². The number of hydrogen-bond donors (Lipinski definition) is 2. The monoisotopic (exact) mass is 810 g/mol. The second-order valence-corrected chi connectivity index (χ2v) is 16.2. The fraction of sp³-hybridized carbons (Fsp3) is 0.0714. The largest absolute Gasteiger partial charge is 0.490 e. The fourth-order valence-corrected chi connectivity index (χ4v) is 9.69. The maximum absolute atomic E-state index is 10.1. The van der Waals surface area contributed by atoms with Crippen LogP contribution in [-0.2, 0) is 0 Å². The highest BCUT2D eigenvalue weighted by Gasteiger charge is 2.23. The molecule has 4 nitrogen and oxygen atoms in total. The van der Waals surface area contributed by atoms with Crippen molar-refractivity contribution in [3.05, 3.63) is 194 Å². The Balaban J connectivity index is 1.26. The van der Waals surface area contributed by atoms with E-state index in [0.29, 0.717) is 0 Å². The van der Waals surface area contributed by atoms with Gasteiger partial charge in [-0.05, 0) is 89.6 Å². The minimum absolute atomic E-state index is 0.112. The molecule has 0 amide bonds. The lowest BCUT2D eigenvalue weighted by atomic mass is 9.91. The van der Waals surface area contributed by atoms with Crippen LogP contribution < -0.4 is 9.47 Å². The van der Waals surface area contributed by atoms with Crippen LogP contribution in [0.15, 0.2) is 204 Å². The van der Waals surface area contributed by atoms with Crippen LogP contribution in [0.5, 0.6) is 11.5 Å². The van der Waals surface area contributed by atoms with Crippen molar-refractivity contribution in [3.63, 3.8) is 0 Å². The molecule has 0 aliphatic carbocycles. The standard InChI is InChI=1S/C56H42O4S/c57-29-31-59-55-51(47-25-9-17-37-13-1-5-21-43(37)47)33-41(34-52(55)48-26-10-18-38-14-2-6-22-44(38)48)61-42-35-53(49-27-11-19-39-15-3-7-23-45(39)49)56(60-32-30-58)54(36-42)50-28-12-20-40-16-4-8-24-46(40)50/h1-28,33-36,57-58H,29-32H2. The van der Waals surface area contributed by atoms with E-state index in [2.05, 4.69) is 194 Å². The molecule has 0 spiro atoms. The molecule has 0 heterocycles. The van der Waals surface area contributed by atoms with Gasteiger partial charge in [0.15, 0.2) is 0 Å². The number of hydrogen-bond acceptors (Lipinski definition) is 5. The van der Waals surface area contributed by atoms with E-state index in [9.17, 15) is 10.2 Å². The number of benzene rings is 10. The molecule has 10 aromatic rings. The highest BCUT2D eigenvalue weighted by molar-refractivity contribution is 7.99. The van der Waals surface area contributed by atoms with E-state index in [0.717, 1.165) is 109 Å². The van der Waals surface area contributed by atoms with Crippen molar-refractivity contribution in [2.75, 3.05) is 26.4 Å².